The second-order valence-electron chi connectivity index (χ2n) is 3.76. The van der Waals surface area contributed by atoms with Crippen molar-refractivity contribution in [3.05, 3.63) is 0 Å². The van der Waals surface area contributed by atoms with Gasteiger partial charge >= 0.3 is 0 Å². The van der Waals surface area contributed by atoms with Gasteiger partial charge < -0.3 is 40.5 Å². The van der Waals surface area contributed by atoms with Crippen LogP contribution in [0.4, 0.5) is 0 Å². The van der Waals surface area contributed by atoms with Crippen LogP contribution in [-0.2, 0) is 4.74 Å². The third-order valence-corrected chi connectivity index (χ3v) is 2.61. The molecule has 6 atom stereocenters. The van der Waals surface area contributed by atoms with Gasteiger partial charge in [0.2, 0.25) is 5.79 Å². The van der Waals surface area contributed by atoms with E-state index < -0.39 is 49.5 Å². The lowest BCUT2D eigenvalue weighted by Crippen LogP contribution is -2.68. The first-order chi connectivity index (χ1) is 7.37. The fraction of sp³-hybridized carbons (Fsp3) is 1.00. The van der Waals surface area contributed by atoms with E-state index in [4.69, 9.17) is 14.9 Å². The van der Waals surface area contributed by atoms with Crippen molar-refractivity contribution >= 4 is 0 Å². The second-order valence-corrected chi connectivity index (χ2v) is 3.76. The van der Waals surface area contributed by atoms with Crippen molar-refractivity contribution in [2.75, 3.05) is 13.2 Å². The summed E-state index contributed by atoms with van der Waals surface area (Å²) in [7, 11) is 0. The SMILES string of the molecule is OC[C@H](O)[C@@H]1O[C@](O)(CO)[C@@H](O)[C@H](O)[C@H]1O. The summed E-state index contributed by atoms with van der Waals surface area (Å²) in [5.74, 6) is -2.49. The number of hydrogen-bond donors (Lipinski definition) is 7. The van der Waals surface area contributed by atoms with Crippen LogP contribution in [0, 0.1) is 0 Å². The number of ether oxygens (including phenoxy) is 1. The van der Waals surface area contributed by atoms with E-state index in [9.17, 15) is 25.5 Å². The van der Waals surface area contributed by atoms with E-state index in [0.29, 0.717) is 0 Å². The van der Waals surface area contributed by atoms with Crippen molar-refractivity contribution in [2.24, 2.45) is 0 Å². The lowest BCUT2D eigenvalue weighted by molar-refractivity contribution is -0.365. The largest absolute Gasteiger partial charge is 0.394 e. The highest BCUT2D eigenvalue weighted by Crippen LogP contribution is 2.29. The number of aliphatic hydroxyl groups excluding tert-OH is 6. The molecule has 7 N–H and O–H groups in total. The van der Waals surface area contributed by atoms with Crippen LogP contribution in [0.5, 0.6) is 0 Å². The normalized spacial score (nSPS) is 46.7. The Morgan fingerprint density at radius 1 is 1.12 bits per heavy atom. The van der Waals surface area contributed by atoms with Crippen molar-refractivity contribution in [1.29, 1.82) is 0 Å². The Morgan fingerprint density at radius 2 is 1.69 bits per heavy atom. The maximum atomic E-state index is 9.57. The van der Waals surface area contributed by atoms with Crippen LogP contribution in [0.2, 0.25) is 0 Å². The standard InChI is InChI=1S/C8H16O8/c9-1-3(11)6-4(12)5(13)7(14)8(15,2-10)16-6/h3-7,9-15H,1-2H2/t3-,4+,5+,6-,7-,8+/m0/s1. The molecule has 0 aromatic rings. The van der Waals surface area contributed by atoms with Crippen molar-refractivity contribution in [1.82, 2.24) is 0 Å². The highest BCUT2D eigenvalue weighted by molar-refractivity contribution is 4.97. The first-order valence-electron chi connectivity index (χ1n) is 4.71. The van der Waals surface area contributed by atoms with Crippen LogP contribution in [-0.4, -0.2) is 85.3 Å². The molecular weight excluding hydrogens is 224 g/mol. The van der Waals surface area contributed by atoms with Crippen LogP contribution in [0.3, 0.4) is 0 Å². The topological polar surface area (TPSA) is 151 Å². The lowest BCUT2D eigenvalue weighted by atomic mass is 9.90. The zero-order chi connectivity index (χ0) is 12.5. The number of aliphatic hydroxyl groups is 7. The first-order valence-corrected chi connectivity index (χ1v) is 4.71. The second kappa shape index (κ2) is 4.90. The Balaban J connectivity index is 2.90. The van der Waals surface area contributed by atoms with Crippen molar-refractivity contribution in [3.63, 3.8) is 0 Å². The summed E-state index contributed by atoms with van der Waals surface area (Å²) in [4.78, 5) is 0. The van der Waals surface area contributed by atoms with E-state index in [-0.39, 0.29) is 0 Å². The molecule has 1 fully saturated rings. The Morgan fingerprint density at radius 3 is 2.12 bits per heavy atom. The van der Waals surface area contributed by atoms with Gasteiger partial charge in [-0.25, -0.2) is 0 Å². The fourth-order valence-electron chi connectivity index (χ4n) is 1.56. The summed E-state index contributed by atoms with van der Waals surface area (Å²) in [5.41, 5.74) is 0. The molecule has 8 heteroatoms. The van der Waals surface area contributed by atoms with Crippen LogP contribution in [0.25, 0.3) is 0 Å². The molecular formula is C8H16O8. The molecule has 1 heterocycles. The lowest BCUT2D eigenvalue weighted by Gasteiger charge is -2.45. The maximum Gasteiger partial charge on any atom is 0.219 e. The molecule has 1 saturated heterocycles. The predicted octanol–water partition coefficient (Wildman–Crippen LogP) is -4.50. The smallest absolute Gasteiger partial charge is 0.219 e. The maximum absolute atomic E-state index is 9.57. The molecule has 16 heavy (non-hydrogen) atoms. The van der Waals surface area contributed by atoms with Gasteiger partial charge in [-0.15, -0.1) is 0 Å². The highest BCUT2D eigenvalue weighted by Gasteiger charge is 2.54. The van der Waals surface area contributed by atoms with Gasteiger partial charge in [0, 0.05) is 0 Å². The predicted molar refractivity (Wildman–Crippen MR) is 48.0 cm³/mol. The van der Waals surface area contributed by atoms with Crippen LogP contribution < -0.4 is 0 Å². The Labute approximate surface area is 91.0 Å². The minimum atomic E-state index is -2.49. The highest BCUT2D eigenvalue weighted by atomic mass is 16.7. The van der Waals surface area contributed by atoms with E-state index in [2.05, 4.69) is 0 Å². The van der Waals surface area contributed by atoms with Gasteiger partial charge in [-0.3, -0.25) is 0 Å². The number of hydrogen-bond acceptors (Lipinski definition) is 8. The van der Waals surface area contributed by atoms with E-state index >= 15 is 0 Å². The summed E-state index contributed by atoms with van der Waals surface area (Å²) in [6.07, 6.45) is -8.49. The van der Waals surface area contributed by atoms with Crippen molar-refractivity contribution < 1.29 is 40.5 Å². The summed E-state index contributed by atoms with van der Waals surface area (Å²) in [6.45, 7) is -1.81. The van der Waals surface area contributed by atoms with Gasteiger partial charge in [0.25, 0.3) is 0 Å². The number of rotatable bonds is 3. The molecule has 0 bridgehead atoms. The molecule has 96 valence electrons. The van der Waals surface area contributed by atoms with E-state index in [1.165, 1.54) is 0 Å². The summed E-state index contributed by atoms with van der Waals surface area (Å²) < 4.78 is 4.71. The molecule has 0 radical (unpaired) electrons. The monoisotopic (exact) mass is 240 g/mol. The molecule has 0 spiro atoms. The first kappa shape index (κ1) is 13.7. The van der Waals surface area contributed by atoms with Gasteiger partial charge in [0.15, 0.2) is 0 Å². The van der Waals surface area contributed by atoms with Gasteiger partial charge in [0.1, 0.15) is 30.5 Å². The summed E-state index contributed by atoms with van der Waals surface area (Å²) >= 11 is 0. The quantitative estimate of drug-likeness (QED) is 0.261. The van der Waals surface area contributed by atoms with E-state index in [0.717, 1.165) is 0 Å². The molecule has 0 aromatic heterocycles. The van der Waals surface area contributed by atoms with Gasteiger partial charge in [0.05, 0.1) is 13.2 Å². The minimum absolute atomic E-state index is 0.772. The zero-order valence-electron chi connectivity index (χ0n) is 8.34. The molecule has 1 aliphatic rings. The minimum Gasteiger partial charge on any atom is -0.394 e. The molecule has 0 saturated carbocycles. The van der Waals surface area contributed by atoms with Crippen LogP contribution in [0.1, 0.15) is 0 Å². The Bertz CT molecular complexity index is 234. The van der Waals surface area contributed by atoms with Gasteiger partial charge in [-0.05, 0) is 0 Å². The fourth-order valence-corrected chi connectivity index (χ4v) is 1.56. The summed E-state index contributed by atoms with van der Waals surface area (Å²) in [6, 6.07) is 0. The molecule has 0 aromatic carbocycles. The molecule has 1 aliphatic heterocycles. The van der Waals surface area contributed by atoms with E-state index in [1.54, 1.807) is 0 Å². The molecule has 0 aliphatic carbocycles. The van der Waals surface area contributed by atoms with Gasteiger partial charge in [-0.2, -0.15) is 0 Å². The molecule has 1 rings (SSSR count). The average Bonchev–Trinajstić information content (AvgIpc) is 2.30. The zero-order valence-corrected chi connectivity index (χ0v) is 8.34. The molecule has 0 amide bonds. The molecule has 0 unspecified atom stereocenters. The third kappa shape index (κ3) is 2.19. The van der Waals surface area contributed by atoms with Crippen LogP contribution >= 0.6 is 0 Å². The van der Waals surface area contributed by atoms with E-state index in [1.807, 2.05) is 0 Å². The van der Waals surface area contributed by atoms with Crippen molar-refractivity contribution in [2.45, 2.75) is 36.3 Å². The van der Waals surface area contributed by atoms with Gasteiger partial charge in [-0.1, -0.05) is 0 Å². The molecule has 8 nitrogen and oxygen atoms in total. The summed E-state index contributed by atoms with van der Waals surface area (Å²) in [5, 5.41) is 64.5. The average molecular weight is 240 g/mol. The Kier molecular flexibility index (Phi) is 4.21. The Hall–Kier alpha value is -0.320. The third-order valence-electron chi connectivity index (χ3n) is 2.61. The van der Waals surface area contributed by atoms with Crippen molar-refractivity contribution in [3.8, 4) is 0 Å². The van der Waals surface area contributed by atoms with Crippen LogP contribution in [0.15, 0.2) is 0 Å².